The Bertz CT molecular complexity index is 740. The zero-order valence-electron chi connectivity index (χ0n) is 15.2. The maximum absolute atomic E-state index is 12.1. The highest BCUT2D eigenvalue weighted by Crippen LogP contribution is 2.47. The second-order valence-corrected chi connectivity index (χ2v) is 7.39. The molecule has 2 heterocycles. The predicted molar refractivity (Wildman–Crippen MR) is 101 cm³/mol. The van der Waals surface area contributed by atoms with Gasteiger partial charge in [0.2, 0.25) is 0 Å². The fourth-order valence-corrected chi connectivity index (χ4v) is 4.07. The number of unbranched alkanes of at least 4 members (excludes halogenated alkanes) is 1. The maximum atomic E-state index is 12.1. The van der Waals surface area contributed by atoms with Crippen LogP contribution in [0, 0.1) is 12.3 Å². The molecule has 0 radical (unpaired) electrons. The highest BCUT2D eigenvalue weighted by molar-refractivity contribution is 5.41. The molecule has 1 aromatic heterocycles. The fraction of sp³-hybridized carbons (Fsp3) is 0.579. The number of hydrogen-bond acceptors (Lipinski definition) is 5. The van der Waals surface area contributed by atoms with Crippen LogP contribution in [-0.2, 0) is 0 Å². The van der Waals surface area contributed by atoms with E-state index in [0.717, 1.165) is 62.2 Å². The normalized spacial score (nSPS) is 23.2. The zero-order valence-corrected chi connectivity index (χ0v) is 15.2. The molecule has 0 amide bonds. The number of hydrogen-bond donors (Lipinski definition) is 3. The first kappa shape index (κ1) is 17.7. The summed E-state index contributed by atoms with van der Waals surface area (Å²) in [4.78, 5) is 21.4. The van der Waals surface area contributed by atoms with Crippen LogP contribution >= 0.6 is 0 Å². The van der Waals surface area contributed by atoms with Gasteiger partial charge in [-0.1, -0.05) is 25.5 Å². The zero-order chi connectivity index (χ0) is 18.0. The lowest BCUT2D eigenvalue weighted by Crippen LogP contribution is -2.49. The van der Waals surface area contributed by atoms with E-state index in [4.69, 9.17) is 11.5 Å². The number of allylic oxidation sites excluding steroid dienone is 2. The van der Waals surface area contributed by atoms with Gasteiger partial charge in [0.1, 0.15) is 0 Å². The summed E-state index contributed by atoms with van der Waals surface area (Å²) in [5, 5.41) is 0. The van der Waals surface area contributed by atoms with Crippen LogP contribution in [-0.4, -0.2) is 29.1 Å². The molecule has 2 aliphatic rings. The molecule has 1 spiro atoms. The number of rotatable bonds is 4. The van der Waals surface area contributed by atoms with Gasteiger partial charge >= 0.3 is 0 Å². The van der Waals surface area contributed by atoms with Crippen LogP contribution in [0.5, 0.6) is 0 Å². The Kier molecular flexibility index (Phi) is 4.99. The van der Waals surface area contributed by atoms with Crippen LogP contribution in [0.4, 0.5) is 5.82 Å². The lowest BCUT2D eigenvalue weighted by Gasteiger charge is -2.42. The Labute approximate surface area is 149 Å². The number of aromatic amines is 1. The number of nitrogens with one attached hydrogen (secondary N) is 1. The predicted octanol–water partition coefficient (Wildman–Crippen LogP) is 1.97. The number of piperidine rings is 1. The molecule has 136 valence electrons. The molecule has 1 fully saturated rings. The minimum atomic E-state index is -0.118. The smallest absolute Gasteiger partial charge is 0.291 e. The minimum absolute atomic E-state index is 0.0178. The highest BCUT2D eigenvalue weighted by Gasteiger charge is 2.46. The van der Waals surface area contributed by atoms with Crippen molar-refractivity contribution in [3.05, 3.63) is 45.7 Å². The summed E-state index contributed by atoms with van der Waals surface area (Å²) in [6, 6.07) is -0.0213. The molecule has 1 aromatic rings. The molecule has 3 rings (SSSR count). The summed E-state index contributed by atoms with van der Waals surface area (Å²) in [7, 11) is 0. The van der Waals surface area contributed by atoms with E-state index in [1.807, 2.05) is 6.92 Å². The second kappa shape index (κ2) is 7.04. The summed E-state index contributed by atoms with van der Waals surface area (Å²) in [5.41, 5.74) is 15.6. The summed E-state index contributed by atoms with van der Waals surface area (Å²) < 4.78 is 0. The van der Waals surface area contributed by atoms with Crippen LogP contribution in [0.3, 0.4) is 0 Å². The standard InChI is InChI=1S/C19H29N5O/c1-3-4-5-6-14-15(20)11-19(16(14)21)7-9-24(10-8-19)17-18(25)23-13(2)12-22-17/h5-6,12,16H,3-4,7-11,20-21H2,1-2H3,(H,23,25)/b6-5-/t16-/m1/s1. The van der Waals surface area contributed by atoms with E-state index < -0.39 is 0 Å². The first-order valence-corrected chi connectivity index (χ1v) is 9.18. The van der Waals surface area contributed by atoms with E-state index in [1.165, 1.54) is 0 Å². The third-order valence-electron chi connectivity index (χ3n) is 5.61. The molecule has 1 aliphatic heterocycles. The van der Waals surface area contributed by atoms with Crippen molar-refractivity contribution in [1.82, 2.24) is 9.97 Å². The summed E-state index contributed by atoms with van der Waals surface area (Å²) in [6.45, 7) is 5.57. The highest BCUT2D eigenvalue weighted by atomic mass is 16.1. The van der Waals surface area contributed by atoms with Crippen LogP contribution in [0.2, 0.25) is 0 Å². The Morgan fingerprint density at radius 1 is 1.44 bits per heavy atom. The van der Waals surface area contributed by atoms with E-state index in [-0.39, 0.29) is 17.0 Å². The topological polar surface area (TPSA) is 101 Å². The average molecular weight is 343 g/mol. The van der Waals surface area contributed by atoms with Crippen molar-refractivity contribution in [3.8, 4) is 0 Å². The van der Waals surface area contributed by atoms with Crippen molar-refractivity contribution in [1.29, 1.82) is 0 Å². The number of nitrogens with two attached hydrogens (primary N) is 2. The van der Waals surface area contributed by atoms with Gasteiger partial charge in [0.05, 0.1) is 0 Å². The number of aryl methyl sites for hydroxylation is 1. The average Bonchev–Trinajstić information content (AvgIpc) is 2.80. The molecule has 1 atom stereocenters. The third-order valence-corrected chi connectivity index (χ3v) is 5.61. The van der Waals surface area contributed by atoms with Crippen molar-refractivity contribution in [2.24, 2.45) is 16.9 Å². The molecule has 0 bridgehead atoms. The van der Waals surface area contributed by atoms with Gasteiger partial charge in [0.25, 0.3) is 5.56 Å². The molecular formula is C19H29N5O. The Morgan fingerprint density at radius 3 is 2.80 bits per heavy atom. The lowest BCUT2D eigenvalue weighted by molar-refractivity contribution is 0.203. The molecule has 5 N–H and O–H groups in total. The van der Waals surface area contributed by atoms with Crippen molar-refractivity contribution < 1.29 is 0 Å². The van der Waals surface area contributed by atoms with Crippen LogP contribution in [0.1, 0.15) is 44.7 Å². The van der Waals surface area contributed by atoms with E-state index in [1.54, 1.807) is 6.20 Å². The Balaban J connectivity index is 1.71. The molecule has 1 saturated heterocycles. The monoisotopic (exact) mass is 343 g/mol. The van der Waals surface area contributed by atoms with Gasteiger partial charge in [-0.05, 0) is 43.6 Å². The molecule has 0 aromatic carbocycles. The van der Waals surface area contributed by atoms with Gasteiger partial charge in [-0.3, -0.25) is 4.79 Å². The molecular weight excluding hydrogens is 314 g/mol. The fourth-order valence-electron chi connectivity index (χ4n) is 4.07. The quantitative estimate of drug-likeness (QED) is 0.776. The SMILES string of the molecule is CCC/C=C\C1=C(N)CC2(CCN(c3ncc(C)[nH]c3=O)CC2)[C@@H]1N. The first-order valence-electron chi connectivity index (χ1n) is 9.18. The molecule has 6 nitrogen and oxygen atoms in total. The summed E-state index contributed by atoms with van der Waals surface area (Å²) in [5.74, 6) is 0.510. The van der Waals surface area contributed by atoms with Gasteiger partial charge < -0.3 is 21.4 Å². The van der Waals surface area contributed by atoms with Gasteiger partial charge in [0.15, 0.2) is 5.82 Å². The number of nitrogens with zero attached hydrogens (tertiary/aromatic N) is 2. The van der Waals surface area contributed by atoms with Crippen molar-refractivity contribution >= 4 is 5.82 Å². The second-order valence-electron chi connectivity index (χ2n) is 7.39. The molecule has 0 saturated carbocycles. The largest absolute Gasteiger partial charge is 0.402 e. The number of H-pyrrole nitrogens is 1. The van der Waals surface area contributed by atoms with E-state index in [9.17, 15) is 4.79 Å². The Morgan fingerprint density at radius 2 is 2.16 bits per heavy atom. The minimum Gasteiger partial charge on any atom is -0.402 e. The van der Waals surface area contributed by atoms with Crippen LogP contribution in [0.15, 0.2) is 34.4 Å². The summed E-state index contributed by atoms with van der Waals surface area (Å²) >= 11 is 0. The number of anilines is 1. The first-order chi connectivity index (χ1) is 12.0. The lowest BCUT2D eigenvalue weighted by atomic mass is 9.72. The third kappa shape index (κ3) is 3.35. The van der Waals surface area contributed by atoms with E-state index in [2.05, 4.69) is 33.9 Å². The van der Waals surface area contributed by atoms with Crippen LogP contribution < -0.4 is 21.9 Å². The number of aromatic nitrogens is 2. The molecule has 1 aliphatic carbocycles. The molecule has 25 heavy (non-hydrogen) atoms. The molecule has 0 unspecified atom stereocenters. The van der Waals surface area contributed by atoms with Crippen molar-refractivity contribution in [3.63, 3.8) is 0 Å². The Hall–Kier alpha value is -2.08. The maximum Gasteiger partial charge on any atom is 0.291 e. The van der Waals surface area contributed by atoms with Crippen molar-refractivity contribution in [2.75, 3.05) is 18.0 Å². The van der Waals surface area contributed by atoms with Gasteiger partial charge in [-0.2, -0.15) is 0 Å². The molecule has 6 heteroatoms. The van der Waals surface area contributed by atoms with Crippen LogP contribution in [0.25, 0.3) is 0 Å². The summed E-state index contributed by atoms with van der Waals surface area (Å²) in [6.07, 6.45) is 10.9. The van der Waals surface area contributed by atoms with E-state index in [0.29, 0.717) is 5.82 Å². The van der Waals surface area contributed by atoms with Gasteiger partial charge in [0, 0.05) is 36.7 Å². The van der Waals surface area contributed by atoms with Gasteiger partial charge in [-0.15, -0.1) is 0 Å². The van der Waals surface area contributed by atoms with Crippen molar-refractivity contribution in [2.45, 2.75) is 52.0 Å². The van der Waals surface area contributed by atoms with Gasteiger partial charge in [-0.25, -0.2) is 4.98 Å². The van der Waals surface area contributed by atoms with E-state index >= 15 is 0 Å².